The van der Waals surface area contributed by atoms with Gasteiger partial charge in [-0.3, -0.25) is 14.8 Å². The predicted octanol–water partition coefficient (Wildman–Crippen LogP) is 3.61. The first-order valence-corrected chi connectivity index (χ1v) is 12.1. The maximum Gasteiger partial charge on any atom is 0.412 e. The molecule has 1 aliphatic heterocycles. The van der Waals surface area contributed by atoms with Crippen LogP contribution >= 0.6 is 11.3 Å². The van der Waals surface area contributed by atoms with Crippen molar-refractivity contribution < 1.29 is 22.7 Å². The second-order valence-electron chi connectivity index (χ2n) is 7.10. The summed E-state index contributed by atoms with van der Waals surface area (Å²) < 4.78 is 32.6. The summed E-state index contributed by atoms with van der Waals surface area (Å²) in [7, 11) is -3.78. The number of ether oxygens (including phenoxy) is 1. The average molecular weight is 473 g/mol. The van der Waals surface area contributed by atoms with E-state index >= 15 is 0 Å². The van der Waals surface area contributed by atoms with E-state index in [0.717, 1.165) is 5.56 Å². The van der Waals surface area contributed by atoms with Crippen molar-refractivity contribution in [1.29, 1.82) is 0 Å². The molecular weight excluding hydrogens is 452 g/mol. The highest BCUT2D eigenvalue weighted by molar-refractivity contribution is 7.93. The van der Waals surface area contributed by atoms with Crippen LogP contribution < -0.4 is 14.9 Å². The summed E-state index contributed by atoms with van der Waals surface area (Å²) in [6.07, 6.45) is 0.232. The second-order valence-corrected chi connectivity index (χ2v) is 9.68. The zero-order valence-electron chi connectivity index (χ0n) is 17.0. The van der Waals surface area contributed by atoms with Gasteiger partial charge >= 0.3 is 6.09 Å². The van der Waals surface area contributed by atoms with Gasteiger partial charge in [0.1, 0.15) is 0 Å². The van der Waals surface area contributed by atoms with Crippen LogP contribution in [0.15, 0.2) is 65.0 Å². The van der Waals surface area contributed by atoms with Crippen LogP contribution in [0, 0.1) is 6.92 Å². The minimum absolute atomic E-state index is 0.0495. The van der Waals surface area contributed by atoms with Crippen LogP contribution in [0.4, 0.5) is 21.3 Å². The lowest BCUT2D eigenvalue weighted by Gasteiger charge is -2.17. The molecule has 1 aliphatic rings. The molecule has 1 fully saturated rings. The molecule has 0 bridgehead atoms. The van der Waals surface area contributed by atoms with Gasteiger partial charge in [-0.25, -0.2) is 18.2 Å². The van der Waals surface area contributed by atoms with Crippen molar-refractivity contribution in [3.05, 3.63) is 65.7 Å². The summed E-state index contributed by atoms with van der Waals surface area (Å²) in [6.45, 7) is 2.26. The minimum atomic E-state index is -3.78. The molecule has 1 saturated heterocycles. The van der Waals surface area contributed by atoms with Crippen LogP contribution in [0.2, 0.25) is 0 Å². The number of hydrogen-bond acceptors (Lipinski definition) is 7. The highest BCUT2D eigenvalue weighted by Gasteiger charge is 2.35. The number of aromatic nitrogens is 1. The van der Waals surface area contributed by atoms with Gasteiger partial charge in [0.25, 0.3) is 15.9 Å². The number of aryl methyl sites for hydroxylation is 1. The fourth-order valence-corrected chi connectivity index (χ4v) is 5.06. The molecule has 166 valence electrons. The fourth-order valence-electron chi connectivity index (χ4n) is 3.27. The summed E-state index contributed by atoms with van der Waals surface area (Å²) in [6, 6.07) is 13.2. The van der Waals surface area contributed by atoms with E-state index in [-0.39, 0.29) is 15.9 Å². The van der Waals surface area contributed by atoms with E-state index in [4.69, 9.17) is 4.74 Å². The van der Waals surface area contributed by atoms with E-state index in [9.17, 15) is 18.0 Å². The second kappa shape index (κ2) is 8.97. The van der Waals surface area contributed by atoms with Crippen LogP contribution in [-0.2, 0) is 19.6 Å². The van der Waals surface area contributed by atoms with E-state index in [1.807, 2.05) is 19.1 Å². The van der Waals surface area contributed by atoms with Gasteiger partial charge < -0.3 is 9.64 Å². The third kappa shape index (κ3) is 4.89. The Bertz CT molecular complexity index is 1230. The van der Waals surface area contributed by atoms with Crippen LogP contribution in [0.5, 0.6) is 0 Å². The quantitative estimate of drug-likeness (QED) is 0.566. The number of hydrogen-bond donors (Lipinski definition) is 2. The molecule has 2 amide bonds. The molecular formula is C21H20N4O5S2. The predicted molar refractivity (Wildman–Crippen MR) is 121 cm³/mol. The van der Waals surface area contributed by atoms with Crippen molar-refractivity contribution in [3.63, 3.8) is 0 Å². The highest BCUT2D eigenvalue weighted by atomic mass is 32.2. The molecule has 0 spiro atoms. The first-order chi connectivity index (χ1) is 15.3. The SMILES string of the molecule is Cc1cccc(NC(=O)OC2CCN(c3ccc(S(=O)(=O)Nc4nccs4)cc3)C2=O)c1. The summed E-state index contributed by atoms with van der Waals surface area (Å²) in [5, 5.41) is 4.55. The maximum absolute atomic E-state index is 12.7. The number of benzene rings is 2. The monoisotopic (exact) mass is 472 g/mol. The molecule has 0 aliphatic carbocycles. The Balaban J connectivity index is 1.38. The molecule has 11 heteroatoms. The first kappa shape index (κ1) is 21.8. The van der Waals surface area contributed by atoms with Gasteiger partial charge in [-0.2, -0.15) is 0 Å². The van der Waals surface area contributed by atoms with E-state index in [1.165, 1.54) is 34.6 Å². The Morgan fingerprint density at radius 1 is 1.22 bits per heavy atom. The van der Waals surface area contributed by atoms with E-state index in [1.54, 1.807) is 29.6 Å². The fraction of sp³-hybridized carbons (Fsp3) is 0.190. The van der Waals surface area contributed by atoms with Crippen molar-refractivity contribution >= 4 is 49.9 Å². The number of thiazole rings is 1. The topological polar surface area (TPSA) is 118 Å². The van der Waals surface area contributed by atoms with Crippen molar-refractivity contribution in [2.24, 2.45) is 0 Å². The molecule has 3 aromatic rings. The van der Waals surface area contributed by atoms with Crippen LogP contribution in [0.3, 0.4) is 0 Å². The summed E-state index contributed by atoms with van der Waals surface area (Å²) in [5.41, 5.74) is 2.09. The molecule has 2 heterocycles. The third-order valence-electron chi connectivity index (χ3n) is 4.78. The zero-order valence-corrected chi connectivity index (χ0v) is 18.7. The van der Waals surface area contributed by atoms with Gasteiger partial charge in [0, 0.05) is 35.9 Å². The number of carbonyl (C=O) groups excluding carboxylic acids is 2. The summed E-state index contributed by atoms with van der Waals surface area (Å²) in [4.78, 5) is 30.3. The smallest absolute Gasteiger partial charge is 0.412 e. The number of anilines is 3. The number of amides is 2. The maximum atomic E-state index is 12.7. The number of nitrogens with zero attached hydrogens (tertiary/aromatic N) is 2. The van der Waals surface area contributed by atoms with Crippen molar-refractivity contribution in [3.8, 4) is 0 Å². The zero-order chi connectivity index (χ0) is 22.7. The minimum Gasteiger partial charge on any atom is -0.436 e. The number of nitrogens with one attached hydrogen (secondary N) is 2. The normalized spacial score (nSPS) is 16.1. The first-order valence-electron chi connectivity index (χ1n) is 9.70. The van der Waals surface area contributed by atoms with Gasteiger partial charge in [-0.1, -0.05) is 12.1 Å². The largest absolute Gasteiger partial charge is 0.436 e. The Labute approximate surface area is 189 Å². The molecule has 1 atom stereocenters. The third-order valence-corrected chi connectivity index (χ3v) is 6.96. The molecule has 1 unspecified atom stereocenters. The van der Waals surface area contributed by atoms with E-state index in [0.29, 0.717) is 24.3 Å². The number of carbonyl (C=O) groups is 2. The standard InChI is InChI=1S/C21H20N4O5S2/c1-14-3-2-4-15(13-14)23-21(27)30-18-9-11-25(19(18)26)16-5-7-17(8-6-16)32(28,29)24-20-22-10-12-31-20/h2-8,10,12-13,18H,9,11H2,1H3,(H,22,24)(H,23,27). The number of sulfonamides is 1. The molecule has 32 heavy (non-hydrogen) atoms. The van der Waals surface area contributed by atoms with Crippen LogP contribution in [-0.4, -0.2) is 38.1 Å². The van der Waals surface area contributed by atoms with Crippen molar-refractivity contribution in [2.75, 3.05) is 21.5 Å². The van der Waals surface area contributed by atoms with Crippen LogP contribution in [0.1, 0.15) is 12.0 Å². The molecule has 0 saturated carbocycles. The van der Waals surface area contributed by atoms with Gasteiger partial charge in [0.2, 0.25) is 0 Å². The van der Waals surface area contributed by atoms with Crippen molar-refractivity contribution in [2.45, 2.75) is 24.3 Å². The molecule has 0 radical (unpaired) electrons. The Morgan fingerprint density at radius 3 is 2.69 bits per heavy atom. The van der Waals surface area contributed by atoms with Gasteiger partial charge in [0.05, 0.1) is 4.90 Å². The lowest BCUT2D eigenvalue weighted by Crippen LogP contribution is -2.33. The molecule has 1 aromatic heterocycles. The molecule has 9 nitrogen and oxygen atoms in total. The molecule has 2 aromatic carbocycles. The summed E-state index contributed by atoms with van der Waals surface area (Å²) >= 11 is 1.17. The lowest BCUT2D eigenvalue weighted by atomic mass is 10.2. The number of rotatable bonds is 6. The average Bonchev–Trinajstić information content (AvgIpc) is 3.38. The van der Waals surface area contributed by atoms with Gasteiger partial charge in [-0.05, 0) is 48.9 Å². The Hall–Kier alpha value is -3.44. The van der Waals surface area contributed by atoms with Gasteiger partial charge in [-0.15, -0.1) is 11.3 Å². The molecule has 2 N–H and O–H groups in total. The van der Waals surface area contributed by atoms with E-state index < -0.39 is 22.2 Å². The Morgan fingerprint density at radius 2 is 2.00 bits per heavy atom. The summed E-state index contributed by atoms with van der Waals surface area (Å²) in [5.74, 6) is -0.360. The van der Waals surface area contributed by atoms with Crippen molar-refractivity contribution in [1.82, 2.24) is 4.98 Å². The van der Waals surface area contributed by atoms with E-state index in [2.05, 4.69) is 15.0 Å². The Kier molecular flexibility index (Phi) is 6.10. The molecule has 4 rings (SSSR count). The lowest BCUT2D eigenvalue weighted by molar-refractivity contribution is -0.124. The van der Waals surface area contributed by atoms with Crippen LogP contribution in [0.25, 0.3) is 0 Å². The highest BCUT2D eigenvalue weighted by Crippen LogP contribution is 2.26. The van der Waals surface area contributed by atoms with Gasteiger partial charge in [0.15, 0.2) is 11.2 Å².